The van der Waals surface area contributed by atoms with Gasteiger partial charge >= 0.3 is 0 Å². The zero-order valence-electron chi connectivity index (χ0n) is 11.5. The van der Waals surface area contributed by atoms with E-state index < -0.39 is 9.84 Å². The summed E-state index contributed by atoms with van der Waals surface area (Å²) in [6, 6.07) is 0. The predicted octanol–water partition coefficient (Wildman–Crippen LogP) is 1.31. The molecule has 0 spiro atoms. The molecule has 0 aromatic carbocycles. The maximum atomic E-state index is 12.2. The summed E-state index contributed by atoms with van der Waals surface area (Å²) < 4.78 is 26.1. The molecule has 18 heavy (non-hydrogen) atoms. The van der Waals surface area contributed by atoms with E-state index >= 15 is 0 Å². The molecule has 0 aliphatic heterocycles. The van der Waals surface area contributed by atoms with Gasteiger partial charge in [-0.25, -0.2) is 13.4 Å². The highest BCUT2D eigenvalue weighted by molar-refractivity contribution is 7.91. The van der Waals surface area contributed by atoms with Crippen molar-refractivity contribution < 1.29 is 13.5 Å². The molecule has 0 saturated carbocycles. The van der Waals surface area contributed by atoms with Gasteiger partial charge in [0.15, 0.2) is 0 Å². The van der Waals surface area contributed by atoms with Crippen molar-refractivity contribution in [2.75, 3.05) is 12.4 Å². The third-order valence-electron chi connectivity index (χ3n) is 2.82. The van der Waals surface area contributed by atoms with E-state index in [0.29, 0.717) is 12.5 Å². The van der Waals surface area contributed by atoms with E-state index in [4.69, 9.17) is 5.11 Å². The van der Waals surface area contributed by atoms with Crippen molar-refractivity contribution >= 4 is 9.84 Å². The molecule has 0 radical (unpaired) electrons. The van der Waals surface area contributed by atoms with E-state index in [1.165, 1.54) is 0 Å². The van der Waals surface area contributed by atoms with Crippen LogP contribution in [0.3, 0.4) is 0 Å². The molecule has 0 amide bonds. The number of sulfone groups is 1. The van der Waals surface area contributed by atoms with Crippen LogP contribution in [0.4, 0.5) is 0 Å². The molecule has 1 rings (SSSR count). The van der Waals surface area contributed by atoms with Crippen LogP contribution in [0.1, 0.15) is 31.7 Å². The van der Waals surface area contributed by atoms with Gasteiger partial charge in [-0.2, -0.15) is 0 Å². The van der Waals surface area contributed by atoms with E-state index in [-0.39, 0.29) is 23.9 Å². The topological polar surface area (TPSA) is 72.2 Å². The van der Waals surface area contributed by atoms with Crippen molar-refractivity contribution in [3.63, 3.8) is 0 Å². The summed E-state index contributed by atoms with van der Waals surface area (Å²) in [6.07, 6.45) is 0.245. The molecule has 1 aromatic rings. The maximum absolute atomic E-state index is 12.2. The number of aliphatic hydroxyl groups is 1. The van der Waals surface area contributed by atoms with Crippen LogP contribution in [0.2, 0.25) is 0 Å². The minimum Gasteiger partial charge on any atom is -0.396 e. The van der Waals surface area contributed by atoms with Gasteiger partial charge in [-0.15, -0.1) is 0 Å². The molecule has 0 unspecified atom stereocenters. The highest BCUT2D eigenvalue weighted by Gasteiger charge is 2.23. The van der Waals surface area contributed by atoms with E-state index in [1.807, 2.05) is 27.7 Å². The Labute approximate surface area is 109 Å². The number of aliphatic hydroxyl groups excluding tert-OH is 1. The normalized spacial score (nSPS) is 12.3. The molecule has 0 aliphatic carbocycles. The van der Waals surface area contributed by atoms with Crippen molar-refractivity contribution in [2.45, 2.75) is 45.8 Å². The monoisotopic (exact) mass is 274 g/mol. The molecule has 104 valence electrons. The lowest BCUT2D eigenvalue weighted by molar-refractivity contribution is 0.295. The largest absolute Gasteiger partial charge is 0.396 e. The summed E-state index contributed by atoms with van der Waals surface area (Å²) in [6.45, 7) is 8.30. The molecule has 1 heterocycles. The Kier molecular flexibility index (Phi) is 4.92. The van der Waals surface area contributed by atoms with Crippen molar-refractivity contribution in [3.05, 3.63) is 11.4 Å². The van der Waals surface area contributed by atoms with Crippen LogP contribution in [-0.2, 0) is 16.4 Å². The van der Waals surface area contributed by atoms with Gasteiger partial charge in [0.1, 0.15) is 0 Å². The van der Waals surface area contributed by atoms with Crippen molar-refractivity contribution in [3.8, 4) is 0 Å². The fourth-order valence-corrected chi connectivity index (χ4v) is 3.30. The van der Waals surface area contributed by atoms with Gasteiger partial charge in [0.25, 0.3) is 0 Å². The third-order valence-corrected chi connectivity index (χ3v) is 4.51. The lowest BCUT2D eigenvalue weighted by Gasteiger charge is -2.12. The molecular formula is C12H22N2O3S. The van der Waals surface area contributed by atoms with Crippen LogP contribution >= 0.6 is 0 Å². The standard InChI is InChI=1S/C12H22N2O3S/c1-9(2)8-14-11(4)10(3)13-12(14)18(16,17)7-5-6-15/h9,15H,5-8H2,1-4H3. The van der Waals surface area contributed by atoms with E-state index in [1.54, 1.807) is 4.57 Å². The van der Waals surface area contributed by atoms with Gasteiger partial charge in [0, 0.05) is 18.8 Å². The summed E-state index contributed by atoms with van der Waals surface area (Å²) in [5.74, 6) is 0.293. The van der Waals surface area contributed by atoms with Gasteiger partial charge < -0.3 is 9.67 Å². The Bertz CT molecular complexity index is 504. The average molecular weight is 274 g/mol. The quantitative estimate of drug-likeness (QED) is 0.849. The zero-order chi connectivity index (χ0) is 13.9. The van der Waals surface area contributed by atoms with Crippen LogP contribution in [0.25, 0.3) is 0 Å². The van der Waals surface area contributed by atoms with Gasteiger partial charge in [-0.1, -0.05) is 13.8 Å². The molecule has 5 nitrogen and oxygen atoms in total. The molecule has 0 saturated heterocycles. The highest BCUT2D eigenvalue weighted by atomic mass is 32.2. The van der Waals surface area contributed by atoms with Crippen molar-refractivity contribution in [1.82, 2.24) is 9.55 Å². The number of hydrogen-bond acceptors (Lipinski definition) is 4. The second-order valence-electron chi connectivity index (χ2n) is 4.97. The van der Waals surface area contributed by atoms with Crippen molar-refractivity contribution in [2.24, 2.45) is 5.92 Å². The number of nitrogens with zero attached hydrogens (tertiary/aromatic N) is 2. The predicted molar refractivity (Wildman–Crippen MR) is 70.3 cm³/mol. The van der Waals surface area contributed by atoms with Crippen LogP contribution in [0, 0.1) is 19.8 Å². The van der Waals surface area contributed by atoms with Crippen molar-refractivity contribution in [1.29, 1.82) is 0 Å². The first kappa shape index (κ1) is 15.2. The molecular weight excluding hydrogens is 252 g/mol. The average Bonchev–Trinajstić information content (AvgIpc) is 2.55. The first-order valence-electron chi connectivity index (χ1n) is 6.17. The highest BCUT2D eigenvalue weighted by Crippen LogP contribution is 2.18. The Morgan fingerprint density at radius 1 is 1.33 bits per heavy atom. The number of aromatic nitrogens is 2. The fourth-order valence-electron chi connectivity index (χ4n) is 1.79. The lowest BCUT2D eigenvalue weighted by atomic mass is 10.2. The molecule has 1 N–H and O–H groups in total. The molecule has 0 atom stereocenters. The summed E-state index contributed by atoms with van der Waals surface area (Å²) >= 11 is 0. The molecule has 0 bridgehead atoms. The minimum atomic E-state index is -3.41. The Morgan fingerprint density at radius 3 is 2.44 bits per heavy atom. The second kappa shape index (κ2) is 5.84. The summed E-state index contributed by atoms with van der Waals surface area (Å²) in [7, 11) is -3.41. The van der Waals surface area contributed by atoms with Crippen LogP contribution in [0.15, 0.2) is 5.16 Å². The summed E-state index contributed by atoms with van der Waals surface area (Å²) in [5.41, 5.74) is 1.64. The zero-order valence-corrected chi connectivity index (χ0v) is 12.3. The van der Waals surface area contributed by atoms with Gasteiger partial charge in [-0.3, -0.25) is 0 Å². The Balaban J connectivity index is 3.19. The number of aryl methyl sites for hydroxylation is 1. The molecule has 0 aliphatic rings. The van der Waals surface area contributed by atoms with E-state index in [0.717, 1.165) is 11.4 Å². The van der Waals surface area contributed by atoms with Gasteiger partial charge in [0.05, 0.1) is 11.4 Å². The first-order chi connectivity index (χ1) is 8.29. The molecule has 1 aromatic heterocycles. The Morgan fingerprint density at radius 2 is 1.94 bits per heavy atom. The minimum absolute atomic E-state index is 0.0580. The van der Waals surface area contributed by atoms with Crippen LogP contribution in [-0.4, -0.2) is 35.4 Å². The Hall–Kier alpha value is -0.880. The lowest BCUT2D eigenvalue weighted by Crippen LogP contribution is -2.17. The second-order valence-corrected chi connectivity index (χ2v) is 6.97. The van der Waals surface area contributed by atoms with E-state index in [9.17, 15) is 8.42 Å². The van der Waals surface area contributed by atoms with Gasteiger partial charge in [-0.05, 0) is 26.2 Å². The molecule has 0 fully saturated rings. The smallest absolute Gasteiger partial charge is 0.228 e. The number of imidazole rings is 1. The van der Waals surface area contributed by atoms with Gasteiger partial charge in [0.2, 0.25) is 15.0 Å². The van der Waals surface area contributed by atoms with Crippen LogP contribution < -0.4 is 0 Å². The first-order valence-corrected chi connectivity index (χ1v) is 7.82. The SMILES string of the molecule is Cc1nc(S(=O)(=O)CCCO)n(CC(C)C)c1C. The molecule has 6 heteroatoms. The number of hydrogen-bond donors (Lipinski definition) is 1. The maximum Gasteiger partial charge on any atom is 0.228 e. The summed E-state index contributed by atoms with van der Waals surface area (Å²) in [4.78, 5) is 4.18. The fraction of sp³-hybridized carbons (Fsp3) is 0.750. The number of rotatable bonds is 6. The van der Waals surface area contributed by atoms with E-state index in [2.05, 4.69) is 4.98 Å². The van der Waals surface area contributed by atoms with Crippen LogP contribution in [0.5, 0.6) is 0 Å². The summed E-state index contributed by atoms with van der Waals surface area (Å²) in [5, 5.41) is 8.90. The third kappa shape index (κ3) is 3.32.